The third kappa shape index (κ3) is 3.61. The zero-order valence-corrected chi connectivity index (χ0v) is 11.2. The Labute approximate surface area is 101 Å². The monoisotopic (exact) mass is 377 g/mol. The van der Waals surface area contributed by atoms with Gasteiger partial charge in [-0.3, -0.25) is 10.2 Å². The molecule has 0 unspecified atom stereocenters. The molecule has 0 aromatic heterocycles. The summed E-state index contributed by atoms with van der Waals surface area (Å²) in [4.78, 5) is 11.9. The van der Waals surface area contributed by atoms with Crippen LogP contribution in [0.1, 0.15) is 6.92 Å². The summed E-state index contributed by atoms with van der Waals surface area (Å²) < 4.78 is 4.77. The van der Waals surface area contributed by atoms with Crippen LogP contribution in [0, 0.1) is 5.41 Å². The molecule has 0 saturated heterocycles. The molecule has 0 aliphatic rings. The summed E-state index contributed by atoms with van der Waals surface area (Å²) in [5.41, 5.74) is 5.17. The Morgan fingerprint density at radius 1 is 1.54 bits per heavy atom. The summed E-state index contributed by atoms with van der Waals surface area (Å²) in [7, 11) is 0. The predicted molar refractivity (Wildman–Crippen MR) is 60.5 cm³/mol. The second-order valence-corrected chi connectivity index (χ2v) is 4.58. The van der Waals surface area contributed by atoms with E-state index in [2.05, 4.69) is 52.5 Å². The standard InChI is InChI=1S/C4H6Br3N5O/c1-2(13)11(3(8)9)4(10-5)12(6)7/h1H3,(H3,8,9). The number of guanidine groups is 2. The normalized spacial score (nSPS) is 10.9. The Balaban J connectivity index is 4.93. The number of carbonyl (C=O) groups is 1. The smallest absolute Gasteiger partial charge is 0.243 e. The first-order chi connectivity index (χ1) is 5.91. The van der Waals surface area contributed by atoms with E-state index in [9.17, 15) is 4.79 Å². The van der Waals surface area contributed by atoms with Crippen molar-refractivity contribution >= 4 is 66.3 Å². The molecule has 0 fully saturated rings. The van der Waals surface area contributed by atoms with Gasteiger partial charge in [0.05, 0.1) is 48.4 Å². The summed E-state index contributed by atoms with van der Waals surface area (Å²) in [5.74, 6) is -0.746. The van der Waals surface area contributed by atoms with Crippen molar-refractivity contribution in [3.8, 4) is 0 Å². The minimum absolute atomic E-state index is 0.0972. The average Bonchev–Trinajstić information content (AvgIpc) is 1.97. The van der Waals surface area contributed by atoms with Crippen molar-refractivity contribution < 1.29 is 4.79 Å². The number of amides is 1. The predicted octanol–water partition coefficient (Wildman–Crippen LogP) is 1.32. The molecule has 0 atom stereocenters. The average molecular weight is 380 g/mol. The van der Waals surface area contributed by atoms with E-state index < -0.39 is 11.9 Å². The van der Waals surface area contributed by atoms with Gasteiger partial charge < -0.3 is 5.73 Å². The first-order valence-corrected chi connectivity index (χ1v) is 5.00. The van der Waals surface area contributed by atoms with E-state index >= 15 is 0 Å². The number of halogens is 3. The van der Waals surface area contributed by atoms with E-state index in [-0.39, 0.29) is 5.96 Å². The number of nitrogens with zero attached hydrogens (tertiary/aromatic N) is 3. The third-order valence-corrected chi connectivity index (χ3v) is 1.93. The maximum atomic E-state index is 11.0. The van der Waals surface area contributed by atoms with Gasteiger partial charge in [0.1, 0.15) is 0 Å². The van der Waals surface area contributed by atoms with Crippen molar-refractivity contribution in [3.63, 3.8) is 0 Å². The van der Waals surface area contributed by atoms with Gasteiger partial charge in [-0.15, -0.1) is 0 Å². The number of nitrogens with two attached hydrogens (primary N) is 1. The maximum Gasteiger partial charge on any atom is 0.243 e. The molecule has 3 N–H and O–H groups in total. The fourth-order valence-electron chi connectivity index (χ4n) is 0.560. The molecule has 0 bridgehead atoms. The molecule has 0 aliphatic carbocycles. The van der Waals surface area contributed by atoms with Gasteiger partial charge in [-0.2, -0.15) is 4.02 Å². The molecule has 0 spiro atoms. The van der Waals surface area contributed by atoms with Crippen molar-refractivity contribution in [2.45, 2.75) is 6.92 Å². The van der Waals surface area contributed by atoms with Crippen LogP contribution in [0.3, 0.4) is 0 Å². The van der Waals surface area contributed by atoms with E-state index in [0.717, 1.165) is 4.90 Å². The summed E-state index contributed by atoms with van der Waals surface area (Å²) in [6.45, 7) is 1.27. The van der Waals surface area contributed by atoms with Gasteiger partial charge in [-0.1, -0.05) is 0 Å². The molecular formula is C4H6Br3N5O. The van der Waals surface area contributed by atoms with E-state index in [1.807, 2.05) is 0 Å². The van der Waals surface area contributed by atoms with Gasteiger partial charge in [0, 0.05) is 6.92 Å². The van der Waals surface area contributed by atoms with E-state index in [1.54, 1.807) is 0 Å². The lowest BCUT2D eigenvalue weighted by molar-refractivity contribution is -0.122. The molecule has 0 heterocycles. The highest BCUT2D eigenvalue weighted by Crippen LogP contribution is 2.12. The Bertz CT molecular complexity index is 238. The second-order valence-electron chi connectivity index (χ2n) is 1.86. The van der Waals surface area contributed by atoms with E-state index in [0.29, 0.717) is 0 Å². The second kappa shape index (κ2) is 5.55. The lowest BCUT2D eigenvalue weighted by Crippen LogP contribution is -2.47. The fraction of sp³-hybridized carbons (Fsp3) is 0.250. The number of hydrogen-bond acceptors (Lipinski definition) is 3. The molecule has 1 amide bonds. The quantitative estimate of drug-likeness (QED) is 0.378. The molecular weight excluding hydrogens is 374 g/mol. The maximum absolute atomic E-state index is 11.0. The highest BCUT2D eigenvalue weighted by Gasteiger charge is 2.22. The Kier molecular flexibility index (Phi) is 5.49. The minimum Gasteiger partial charge on any atom is -0.369 e. The summed E-state index contributed by atoms with van der Waals surface area (Å²) in [6.07, 6.45) is 0. The van der Waals surface area contributed by atoms with Crippen molar-refractivity contribution in [2.24, 2.45) is 9.75 Å². The molecule has 9 heteroatoms. The number of hydrogen-bond donors (Lipinski definition) is 2. The lowest BCUT2D eigenvalue weighted by Gasteiger charge is -2.21. The summed E-state index contributed by atoms with van der Waals surface area (Å²) in [6, 6.07) is 0. The molecule has 0 rings (SSSR count). The first kappa shape index (κ1) is 12.8. The van der Waals surface area contributed by atoms with Crippen LogP contribution in [0.5, 0.6) is 0 Å². The highest BCUT2D eigenvalue weighted by atomic mass is 79.9. The van der Waals surface area contributed by atoms with Crippen LogP contribution in [0.4, 0.5) is 0 Å². The van der Waals surface area contributed by atoms with Gasteiger partial charge >= 0.3 is 0 Å². The zero-order valence-electron chi connectivity index (χ0n) is 6.46. The van der Waals surface area contributed by atoms with Gasteiger partial charge in [-0.05, 0) is 0 Å². The molecule has 74 valence electrons. The first-order valence-electron chi connectivity index (χ1n) is 2.87. The minimum atomic E-state index is -0.422. The van der Waals surface area contributed by atoms with E-state index in [4.69, 9.17) is 11.1 Å². The van der Waals surface area contributed by atoms with Crippen molar-refractivity contribution in [1.82, 2.24) is 7.85 Å². The van der Waals surface area contributed by atoms with Gasteiger partial charge in [0.15, 0.2) is 0 Å². The van der Waals surface area contributed by atoms with Crippen LogP contribution >= 0.6 is 48.4 Å². The number of rotatable bonds is 0. The third-order valence-electron chi connectivity index (χ3n) is 0.983. The molecule has 0 radical (unpaired) electrons. The Morgan fingerprint density at radius 3 is 2.08 bits per heavy atom. The summed E-state index contributed by atoms with van der Waals surface area (Å²) >= 11 is 8.76. The van der Waals surface area contributed by atoms with Crippen molar-refractivity contribution in [2.75, 3.05) is 0 Å². The molecule has 0 aliphatic heterocycles. The van der Waals surface area contributed by atoms with Crippen molar-refractivity contribution in [1.29, 1.82) is 5.41 Å². The largest absolute Gasteiger partial charge is 0.369 e. The van der Waals surface area contributed by atoms with Crippen LogP contribution in [-0.4, -0.2) is 25.7 Å². The molecule has 13 heavy (non-hydrogen) atoms. The van der Waals surface area contributed by atoms with Crippen LogP contribution in [-0.2, 0) is 4.79 Å². The zero-order chi connectivity index (χ0) is 10.6. The van der Waals surface area contributed by atoms with E-state index in [1.165, 1.54) is 9.88 Å². The van der Waals surface area contributed by atoms with Crippen LogP contribution in [0.15, 0.2) is 4.02 Å². The van der Waals surface area contributed by atoms with Gasteiger partial charge in [0.2, 0.25) is 17.8 Å². The SMILES string of the molecule is CC(=O)N(C(=N)N)C(=NBr)N(Br)Br. The van der Waals surface area contributed by atoms with Crippen LogP contribution in [0.25, 0.3) is 0 Å². The number of carbonyl (C=O) groups excluding carboxylic acids is 1. The molecule has 6 nitrogen and oxygen atoms in total. The van der Waals surface area contributed by atoms with Crippen LogP contribution in [0.2, 0.25) is 0 Å². The lowest BCUT2D eigenvalue weighted by atomic mass is 10.6. The van der Waals surface area contributed by atoms with Gasteiger partial charge in [-0.25, -0.2) is 7.85 Å². The van der Waals surface area contributed by atoms with Crippen LogP contribution < -0.4 is 5.73 Å². The van der Waals surface area contributed by atoms with Crippen molar-refractivity contribution in [3.05, 3.63) is 0 Å². The highest BCUT2D eigenvalue weighted by molar-refractivity contribution is 9.21. The Morgan fingerprint density at radius 2 is 2.00 bits per heavy atom. The molecule has 0 aromatic carbocycles. The topological polar surface area (TPSA) is 85.8 Å². The summed E-state index contributed by atoms with van der Waals surface area (Å²) in [5, 5.41) is 7.12. The number of nitrogens with one attached hydrogen (secondary N) is 1. The molecule has 0 saturated carbocycles. The Hall–Kier alpha value is -0.150. The van der Waals surface area contributed by atoms with Gasteiger partial charge in [0.25, 0.3) is 0 Å². The molecule has 0 aromatic rings. The fourth-order valence-corrected chi connectivity index (χ4v) is 1.78.